The minimum Gasteiger partial charge on any atom is -0.444 e. The van der Waals surface area contributed by atoms with E-state index in [1.165, 1.54) is 13.8 Å². The number of hydrogen-bond acceptors (Lipinski definition) is 8. The fourth-order valence-corrected chi connectivity index (χ4v) is 6.16. The molecule has 13 nitrogen and oxygen atoms in total. The Morgan fingerprint density at radius 1 is 0.961 bits per heavy atom. The molecule has 3 aromatic rings. The van der Waals surface area contributed by atoms with Crippen molar-refractivity contribution >= 4 is 29.8 Å². The number of ether oxygens (including phenoxy) is 3. The average Bonchev–Trinajstić information content (AvgIpc) is 3.67. The van der Waals surface area contributed by atoms with Crippen LogP contribution in [0.4, 0.5) is 15.4 Å². The van der Waals surface area contributed by atoms with Crippen molar-refractivity contribution < 1.29 is 33.4 Å². The van der Waals surface area contributed by atoms with Crippen LogP contribution in [0.2, 0.25) is 0 Å². The number of nitrogens with zero attached hydrogens (tertiary/aromatic N) is 3. The summed E-state index contributed by atoms with van der Waals surface area (Å²) in [5.41, 5.74) is 0.805. The number of hydrogen-bond donors (Lipinski definition) is 3. The molecule has 274 valence electrons. The number of anilines is 1. The Labute approximate surface area is 299 Å². The summed E-state index contributed by atoms with van der Waals surface area (Å²) in [6, 6.07) is 15.9. The minimum absolute atomic E-state index is 0.154. The number of nitrogens with one attached hydrogen (secondary N) is 3. The molecule has 0 bridgehead atoms. The number of benzene rings is 2. The number of piperidine rings is 1. The topological polar surface area (TPSA) is 153 Å². The molecule has 0 saturated carbocycles. The van der Waals surface area contributed by atoms with Crippen LogP contribution in [-0.2, 0) is 36.8 Å². The van der Waals surface area contributed by atoms with Gasteiger partial charge in [0.25, 0.3) is 5.91 Å². The van der Waals surface area contributed by atoms with E-state index in [2.05, 4.69) is 27.9 Å². The van der Waals surface area contributed by atoms with Gasteiger partial charge in [0.2, 0.25) is 5.91 Å². The van der Waals surface area contributed by atoms with Crippen molar-refractivity contribution in [3.8, 4) is 0 Å². The van der Waals surface area contributed by atoms with E-state index in [-0.39, 0.29) is 31.2 Å². The normalized spacial score (nSPS) is 18.4. The lowest BCUT2D eigenvalue weighted by Gasteiger charge is -2.31. The zero-order valence-electron chi connectivity index (χ0n) is 30.3. The highest BCUT2D eigenvalue weighted by molar-refractivity contribution is 5.98. The molecule has 0 radical (unpaired) electrons. The van der Waals surface area contributed by atoms with Crippen molar-refractivity contribution in [2.45, 2.75) is 96.7 Å². The lowest BCUT2D eigenvalue weighted by molar-refractivity contribution is -0.131. The lowest BCUT2D eigenvalue weighted by Crippen LogP contribution is -2.59. The van der Waals surface area contributed by atoms with Gasteiger partial charge in [-0.2, -0.15) is 0 Å². The van der Waals surface area contributed by atoms with Gasteiger partial charge in [-0.1, -0.05) is 61.5 Å². The molecule has 2 heterocycles. The molecule has 5 rings (SSSR count). The van der Waals surface area contributed by atoms with Gasteiger partial charge in [0, 0.05) is 25.7 Å². The van der Waals surface area contributed by atoms with Crippen LogP contribution in [0.5, 0.6) is 0 Å². The van der Waals surface area contributed by atoms with Gasteiger partial charge in [-0.05, 0) is 70.1 Å². The van der Waals surface area contributed by atoms with Gasteiger partial charge in [0.15, 0.2) is 5.82 Å². The summed E-state index contributed by atoms with van der Waals surface area (Å²) in [6.45, 7) is 11.8. The van der Waals surface area contributed by atoms with Crippen molar-refractivity contribution in [2.24, 2.45) is 5.92 Å². The molecule has 13 heteroatoms. The Hall–Kier alpha value is -4.91. The highest BCUT2D eigenvalue weighted by Crippen LogP contribution is 2.37. The first kappa shape index (κ1) is 37.3. The number of carbonyl (C=O) groups excluding carboxylic acids is 4. The Kier molecular flexibility index (Phi) is 11.7. The van der Waals surface area contributed by atoms with Crippen LogP contribution < -0.4 is 16.0 Å². The minimum atomic E-state index is -1.42. The number of rotatable bonds is 11. The molecule has 2 aliphatic rings. The van der Waals surface area contributed by atoms with E-state index in [4.69, 9.17) is 14.2 Å². The summed E-state index contributed by atoms with van der Waals surface area (Å²) in [4.78, 5) is 59.1. The van der Waals surface area contributed by atoms with Gasteiger partial charge in [-0.15, -0.1) is 0 Å². The number of amides is 4. The van der Waals surface area contributed by atoms with E-state index in [0.717, 1.165) is 29.5 Å². The van der Waals surface area contributed by atoms with Gasteiger partial charge in [-0.25, -0.2) is 14.6 Å². The Balaban J connectivity index is 1.29. The predicted octanol–water partition coefficient (Wildman–Crippen LogP) is 5.21. The zero-order chi connectivity index (χ0) is 36.8. The van der Waals surface area contributed by atoms with Crippen LogP contribution in [0.15, 0.2) is 67.1 Å². The molecule has 3 atom stereocenters. The van der Waals surface area contributed by atoms with Gasteiger partial charge >= 0.3 is 12.2 Å². The van der Waals surface area contributed by atoms with Crippen LogP contribution in [0.3, 0.4) is 0 Å². The Bertz CT molecular complexity index is 1680. The first-order valence-corrected chi connectivity index (χ1v) is 17.5. The third kappa shape index (κ3) is 10.1. The largest absolute Gasteiger partial charge is 0.444 e. The summed E-state index contributed by atoms with van der Waals surface area (Å²) in [7, 11) is 0. The summed E-state index contributed by atoms with van der Waals surface area (Å²) < 4.78 is 19.2. The Morgan fingerprint density at radius 2 is 1.65 bits per heavy atom. The molecule has 3 N–H and O–H groups in total. The molecule has 1 fully saturated rings. The van der Waals surface area contributed by atoms with E-state index < -0.39 is 41.2 Å². The second-order valence-electron chi connectivity index (χ2n) is 14.9. The fraction of sp³-hybridized carbons (Fsp3) is 0.500. The molecule has 1 saturated heterocycles. The number of likely N-dealkylation sites (tertiary alicyclic amines) is 1. The molecule has 4 amide bonds. The summed E-state index contributed by atoms with van der Waals surface area (Å²) in [5.74, 6) is -0.352. The molecule has 3 unspecified atom stereocenters. The maximum atomic E-state index is 13.7. The fourth-order valence-electron chi connectivity index (χ4n) is 6.16. The second-order valence-corrected chi connectivity index (χ2v) is 14.9. The van der Waals surface area contributed by atoms with Crippen LogP contribution >= 0.6 is 0 Å². The van der Waals surface area contributed by atoms with E-state index in [1.54, 1.807) is 38.2 Å². The molecular weight excluding hydrogens is 652 g/mol. The van der Waals surface area contributed by atoms with Crippen molar-refractivity contribution in [3.05, 3.63) is 83.8 Å². The number of carbonyl (C=O) groups is 4. The molecule has 1 aliphatic heterocycles. The van der Waals surface area contributed by atoms with Gasteiger partial charge in [0.05, 0.1) is 25.6 Å². The van der Waals surface area contributed by atoms with Crippen molar-refractivity contribution in [1.29, 1.82) is 0 Å². The second kappa shape index (κ2) is 16.0. The number of fused-ring (bicyclic) bond motifs is 1. The summed E-state index contributed by atoms with van der Waals surface area (Å²) in [6.07, 6.45) is 4.18. The SMILES string of the molecule is CC1CCN(C(=O)OC2Cc3ccccc3C2n2cnc(NC(=O)C(COCc3ccccc3)NC(=O)C(C)(C)NC(=O)OC(C)(C)C)c2)CC1. The number of alkyl carbamates (subject to hydrolysis) is 1. The standard InChI is InChI=1S/C38H50N6O7/c1-25-16-18-43(19-17-25)36(48)50-30-20-27-14-10-11-15-28(27)32(30)44-21-31(39-24-44)41-33(45)29(23-49-22-26-12-8-7-9-13-26)40-34(46)38(5,6)42-35(47)51-37(2,3)4/h7-15,21,24-25,29-30,32H,16-20,22-23H2,1-6H3,(H,40,46)(H,41,45)(H,42,47). The highest BCUT2D eigenvalue weighted by Gasteiger charge is 2.38. The average molecular weight is 703 g/mol. The van der Waals surface area contributed by atoms with Crippen LogP contribution in [-0.4, -0.2) is 81.4 Å². The van der Waals surface area contributed by atoms with Crippen LogP contribution in [0.1, 0.15) is 77.1 Å². The van der Waals surface area contributed by atoms with E-state index in [1.807, 2.05) is 59.2 Å². The van der Waals surface area contributed by atoms with Gasteiger partial charge in [0.1, 0.15) is 23.3 Å². The monoisotopic (exact) mass is 702 g/mol. The predicted molar refractivity (Wildman–Crippen MR) is 191 cm³/mol. The number of aromatic nitrogens is 2. The van der Waals surface area contributed by atoms with E-state index in [9.17, 15) is 19.2 Å². The first-order chi connectivity index (χ1) is 24.2. The molecule has 51 heavy (non-hydrogen) atoms. The van der Waals surface area contributed by atoms with Gasteiger partial charge < -0.3 is 39.6 Å². The Morgan fingerprint density at radius 3 is 2.35 bits per heavy atom. The molecule has 1 aromatic heterocycles. The van der Waals surface area contributed by atoms with Crippen molar-refractivity contribution in [2.75, 3.05) is 25.0 Å². The molecule has 1 aliphatic carbocycles. The molecule has 2 aromatic carbocycles. The first-order valence-electron chi connectivity index (χ1n) is 17.5. The smallest absolute Gasteiger partial charge is 0.410 e. The third-order valence-electron chi connectivity index (χ3n) is 9.01. The zero-order valence-corrected chi connectivity index (χ0v) is 30.3. The number of imidazole rings is 1. The maximum absolute atomic E-state index is 13.7. The third-order valence-corrected chi connectivity index (χ3v) is 9.01. The lowest BCUT2D eigenvalue weighted by atomic mass is 10.00. The maximum Gasteiger partial charge on any atom is 0.410 e. The van der Waals surface area contributed by atoms with Crippen LogP contribution in [0.25, 0.3) is 0 Å². The van der Waals surface area contributed by atoms with Crippen molar-refractivity contribution in [1.82, 2.24) is 25.1 Å². The molecule has 0 spiro atoms. The summed E-state index contributed by atoms with van der Waals surface area (Å²) in [5, 5.41) is 8.10. The van der Waals surface area contributed by atoms with Crippen molar-refractivity contribution in [3.63, 3.8) is 0 Å². The van der Waals surface area contributed by atoms with E-state index >= 15 is 0 Å². The summed E-state index contributed by atoms with van der Waals surface area (Å²) >= 11 is 0. The van der Waals surface area contributed by atoms with Crippen LogP contribution in [0, 0.1) is 5.92 Å². The highest BCUT2D eigenvalue weighted by atomic mass is 16.6. The quantitative estimate of drug-likeness (QED) is 0.246. The molecular formula is C38H50N6O7. The van der Waals surface area contributed by atoms with Gasteiger partial charge in [-0.3, -0.25) is 9.59 Å². The van der Waals surface area contributed by atoms with E-state index in [0.29, 0.717) is 25.4 Å².